The minimum atomic E-state index is -0.566. The highest BCUT2D eigenvalue weighted by molar-refractivity contribution is 5.97. The number of nitrogens with one attached hydrogen (secondary N) is 1. The number of nitrogens with zero attached hydrogens (tertiary/aromatic N) is 3. The Morgan fingerprint density at radius 1 is 1.24 bits per heavy atom. The molecule has 0 aliphatic carbocycles. The Balaban J connectivity index is 1.73. The van der Waals surface area contributed by atoms with Gasteiger partial charge in [-0.05, 0) is 43.3 Å². The van der Waals surface area contributed by atoms with Crippen molar-refractivity contribution in [3.05, 3.63) is 76.5 Å². The van der Waals surface area contributed by atoms with Crippen LogP contribution in [-0.4, -0.2) is 25.7 Å². The molecular weight excluding hydrogens is 372 g/mol. The summed E-state index contributed by atoms with van der Waals surface area (Å²) in [5.74, 6) is -0.0249. The van der Waals surface area contributed by atoms with Crippen LogP contribution in [0.1, 0.15) is 29.1 Å². The quantitative estimate of drug-likeness (QED) is 0.475. The number of hydrogen-bond acceptors (Lipinski definition) is 6. The van der Waals surface area contributed by atoms with Crippen LogP contribution in [0.3, 0.4) is 0 Å². The van der Waals surface area contributed by atoms with E-state index in [1.807, 2.05) is 0 Å². The Bertz CT molecular complexity index is 1260. The van der Waals surface area contributed by atoms with Gasteiger partial charge in [-0.25, -0.2) is 9.67 Å². The molecule has 4 aromatic rings. The van der Waals surface area contributed by atoms with E-state index in [-0.39, 0.29) is 11.4 Å². The minimum Gasteiger partial charge on any atom is -0.481 e. The summed E-state index contributed by atoms with van der Waals surface area (Å²) in [6.45, 7) is 1.78. The number of nitrogen functional groups attached to an aromatic ring is 1. The van der Waals surface area contributed by atoms with Gasteiger partial charge in [0.1, 0.15) is 6.10 Å². The molecule has 0 spiro atoms. The van der Waals surface area contributed by atoms with Gasteiger partial charge in [0.15, 0.2) is 11.6 Å². The van der Waals surface area contributed by atoms with E-state index >= 15 is 0 Å². The molecule has 0 saturated heterocycles. The van der Waals surface area contributed by atoms with E-state index in [4.69, 9.17) is 16.2 Å². The zero-order valence-electron chi connectivity index (χ0n) is 15.5. The van der Waals surface area contributed by atoms with Crippen molar-refractivity contribution in [2.24, 2.45) is 5.73 Å². The SMILES string of the molecule is CC(Oc1cc2cc(C(N)=O)ccc2nc1N)c1[nH]c(=O)ccc1-n1cccn1. The maximum atomic E-state index is 11.9. The second-order valence-corrected chi connectivity index (χ2v) is 6.48. The summed E-state index contributed by atoms with van der Waals surface area (Å²) >= 11 is 0. The molecule has 9 nitrogen and oxygen atoms in total. The number of fused-ring (bicyclic) bond motifs is 1. The first kappa shape index (κ1) is 18.2. The average molecular weight is 390 g/mol. The van der Waals surface area contributed by atoms with Crippen LogP contribution in [0.25, 0.3) is 16.6 Å². The standard InChI is InChI=1S/C20H18N6O3/c1-11(18-15(5-6-17(27)25-18)26-8-2-7-23-26)29-16-10-13-9-12(20(22)28)3-4-14(13)24-19(16)21/h2-11H,1H3,(H2,21,24)(H2,22,28)(H,25,27). The molecular formula is C20H18N6O3. The fourth-order valence-electron chi connectivity index (χ4n) is 3.07. The van der Waals surface area contributed by atoms with E-state index in [9.17, 15) is 9.59 Å². The molecule has 1 amide bonds. The van der Waals surface area contributed by atoms with Gasteiger partial charge in [0, 0.05) is 29.4 Å². The van der Waals surface area contributed by atoms with Crippen molar-refractivity contribution in [2.75, 3.05) is 5.73 Å². The number of nitrogens with two attached hydrogens (primary N) is 2. The van der Waals surface area contributed by atoms with Crippen LogP contribution in [-0.2, 0) is 0 Å². The molecule has 0 radical (unpaired) electrons. The van der Waals surface area contributed by atoms with Crippen LogP contribution in [0.4, 0.5) is 5.82 Å². The smallest absolute Gasteiger partial charge is 0.248 e. The van der Waals surface area contributed by atoms with Gasteiger partial charge in [-0.3, -0.25) is 9.59 Å². The van der Waals surface area contributed by atoms with Crippen LogP contribution in [0, 0.1) is 0 Å². The number of aromatic amines is 1. The second kappa shape index (κ2) is 7.12. The number of anilines is 1. The number of primary amides is 1. The Hall–Kier alpha value is -4.14. The highest BCUT2D eigenvalue weighted by atomic mass is 16.5. The number of H-pyrrole nitrogens is 1. The van der Waals surface area contributed by atoms with E-state index in [2.05, 4.69) is 15.1 Å². The predicted molar refractivity (Wildman–Crippen MR) is 108 cm³/mol. The van der Waals surface area contributed by atoms with Crippen molar-refractivity contribution >= 4 is 22.6 Å². The molecule has 3 heterocycles. The van der Waals surface area contributed by atoms with E-state index in [0.29, 0.717) is 33.6 Å². The zero-order valence-corrected chi connectivity index (χ0v) is 15.5. The Morgan fingerprint density at radius 2 is 2.07 bits per heavy atom. The van der Waals surface area contributed by atoms with Gasteiger partial charge in [0.05, 0.1) is 16.9 Å². The minimum absolute atomic E-state index is 0.190. The topological polar surface area (TPSA) is 142 Å². The first-order valence-corrected chi connectivity index (χ1v) is 8.82. The summed E-state index contributed by atoms with van der Waals surface area (Å²) < 4.78 is 7.65. The third-order valence-electron chi connectivity index (χ3n) is 4.48. The molecule has 0 aliphatic rings. The summed E-state index contributed by atoms with van der Waals surface area (Å²) in [5.41, 5.74) is 13.3. The molecule has 1 unspecified atom stereocenters. The van der Waals surface area contributed by atoms with Crippen molar-refractivity contribution < 1.29 is 9.53 Å². The van der Waals surface area contributed by atoms with Gasteiger partial charge in [-0.2, -0.15) is 5.10 Å². The van der Waals surface area contributed by atoms with Gasteiger partial charge in [0.2, 0.25) is 11.5 Å². The summed E-state index contributed by atoms with van der Waals surface area (Å²) in [6, 6.07) is 11.4. The number of carbonyl (C=O) groups excluding carboxylic acids is 1. The highest BCUT2D eigenvalue weighted by Crippen LogP contribution is 2.30. The van der Waals surface area contributed by atoms with Crippen LogP contribution < -0.4 is 21.8 Å². The largest absolute Gasteiger partial charge is 0.481 e. The fraction of sp³-hybridized carbons (Fsp3) is 0.100. The molecule has 5 N–H and O–H groups in total. The van der Waals surface area contributed by atoms with E-state index in [1.54, 1.807) is 60.4 Å². The lowest BCUT2D eigenvalue weighted by Gasteiger charge is -2.19. The molecule has 0 fully saturated rings. The normalized spacial score (nSPS) is 12.0. The highest BCUT2D eigenvalue weighted by Gasteiger charge is 2.17. The van der Waals surface area contributed by atoms with Crippen LogP contribution in [0.15, 0.2) is 59.7 Å². The van der Waals surface area contributed by atoms with Crippen LogP contribution in [0.5, 0.6) is 5.75 Å². The van der Waals surface area contributed by atoms with Gasteiger partial charge in [-0.1, -0.05) is 0 Å². The third-order valence-corrected chi connectivity index (χ3v) is 4.48. The predicted octanol–water partition coefficient (Wildman–Crippen LogP) is 1.93. The number of hydrogen-bond donors (Lipinski definition) is 3. The summed E-state index contributed by atoms with van der Waals surface area (Å²) in [4.78, 5) is 30.5. The van der Waals surface area contributed by atoms with Gasteiger partial charge in [-0.15, -0.1) is 0 Å². The monoisotopic (exact) mass is 390 g/mol. The number of carbonyl (C=O) groups is 1. The lowest BCUT2D eigenvalue weighted by Crippen LogP contribution is -2.17. The van der Waals surface area contributed by atoms with Crippen molar-refractivity contribution in [1.29, 1.82) is 0 Å². The zero-order chi connectivity index (χ0) is 20.5. The molecule has 29 heavy (non-hydrogen) atoms. The number of benzene rings is 1. The summed E-state index contributed by atoms with van der Waals surface area (Å²) in [6.07, 6.45) is 2.84. The van der Waals surface area contributed by atoms with Gasteiger partial charge in [0.25, 0.3) is 0 Å². The van der Waals surface area contributed by atoms with Crippen molar-refractivity contribution in [3.63, 3.8) is 0 Å². The molecule has 146 valence electrons. The van der Waals surface area contributed by atoms with Gasteiger partial charge >= 0.3 is 0 Å². The summed E-state index contributed by atoms with van der Waals surface area (Å²) in [5, 5.41) is 4.87. The Kier molecular flexibility index (Phi) is 4.47. The Labute approximate surface area is 164 Å². The average Bonchev–Trinajstić information content (AvgIpc) is 3.22. The molecule has 9 heteroatoms. The number of ether oxygens (including phenoxy) is 1. The van der Waals surface area contributed by atoms with E-state index in [0.717, 1.165) is 0 Å². The number of aromatic nitrogens is 4. The van der Waals surface area contributed by atoms with Gasteiger partial charge < -0.3 is 21.2 Å². The molecule has 0 bridgehead atoms. The van der Waals surface area contributed by atoms with E-state index in [1.165, 1.54) is 6.07 Å². The third kappa shape index (κ3) is 3.53. The second-order valence-electron chi connectivity index (χ2n) is 6.48. The molecule has 3 aromatic heterocycles. The van der Waals surface area contributed by atoms with Crippen LogP contribution >= 0.6 is 0 Å². The molecule has 0 aliphatic heterocycles. The van der Waals surface area contributed by atoms with Crippen molar-refractivity contribution in [3.8, 4) is 11.4 Å². The molecule has 4 rings (SSSR count). The number of amides is 1. The molecule has 1 aromatic carbocycles. The first-order valence-electron chi connectivity index (χ1n) is 8.82. The number of pyridine rings is 2. The molecule has 1 atom stereocenters. The lowest BCUT2D eigenvalue weighted by atomic mass is 10.1. The maximum absolute atomic E-state index is 11.9. The first-order chi connectivity index (χ1) is 13.9. The van der Waals surface area contributed by atoms with Crippen molar-refractivity contribution in [1.82, 2.24) is 19.7 Å². The molecule has 0 saturated carbocycles. The Morgan fingerprint density at radius 3 is 2.79 bits per heavy atom. The fourth-order valence-corrected chi connectivity index (χ4v) is 3.07. The lowest BCUT2D eigenvalue weighted by molar-refractivity contribution is 0.100. The maximum Gasteiger partial charge on any atom is 0.248 e. The van der Waals surface area contributed by atoms with Crippen LogP contribution in [0.2, 0.25) is 0 Å². The summed E-state index contributed by atoms with van der Waals surface area (Å²) in [7, 11) is 0. The number of rotatable bonds is 5. The van der Waals surface area contributed by atoms with Crippen molar-refractivity contribution in [2.45, 2.75) is 13.0 Å². The van der Waals surface area contributed by atoms with E-state index < -0.39 is 12.0 Å².